The number of carbonyl (C=O) groups excluding carboxylic acids is 2. The number of nitrogens with one attached hydrogen (secondary N) is 3. The smallest absolute Gasteiger partial charge is 0.323 e. The van der Waals surface area contributed by atoms with E-state index in [2.05, 4.69) is 63.1 Å². The van der Waals surface area contributed by atoms with Crippen molar-refractivity contribution >= 4 is 29.0 Å². The van der Waals surface area contributed by atoms with Gasteiger partial charge in [0.25, 0.3) is 5.91 Å². The van der Waals surface area contributed by atoms with Gasteiger partial charge in [-0.25, -0.2) is 9.79 Å². The number of hydrogen-bond acceptors (Lipinski definition) is 5. The third-order valence-electron chi connectivity index (χ3n) is 6.55. The van der Waals surface area contributed by atoms with Gasteiger partial charge >= 0.3 is 6.03 Å². The first kappa shape index (κ1) is 19.8. The second kappa shape index (κ2) is 7.81. The van der Waals surface area contributed by atoms with Crippen LogP contribution in [0.5, 0.6) is 0 Å². The molecule has 3 amide bonds. The molecule has 2 heterocycles. The SMILES string of the molecule is Cc1cc2c(cc1C)N(CCNC1CCCc3ccccc31)C1NC(=O)NC(=O)C1=N2. The van der Waals surface area contributed by atoms with E-state index in [1.807, 2.05) is 13.0 Å². The highest BCUT2D eigenvalue weighted by Gasteiger charge is 2.39. The number of rotatable bonds is 4. The second-order valence-corrected chi connectivity index (χ2v) is 8.54. The van der Waals surface area contributed by atoms with Gasteiger partial charge in [-0.05, 0) is 67.5 Å². The van der Waals surface area contributed by atoms with E-state index in [-0.39, 0.29) is 0 Å². The summed E-state index contributed by atoms with van der Waals surface area (Å²) in [5, 5.41) is 8.89. The van der Waals surface area contributed by atoms with Crippen LogP contribution in [-0.2, 0) is 11.2 Å². The zero-order chi connectivity index (χ0) is 21.5. The van der Waals surface area contributed by atoms with Crippen LogP contribution in [-0.4, -0.2) is 36.9 Å². The number of hydrogen-bond donors (Lipinski definition) is 3. The second-order valence-electron chi connectivity index (χ2n) is 8.54. The first-order valence-corrected chi connectivity index (χ1v) is 10.9. The largest absolute Gasteiger partial charge is 0.343 e. The number of fused-ring (bicyclic) bond motifs is 3. The molecule has 0 bridgehead atoms. The van der Waals surface area contributed by atoms with Gasteiger partial charge in [0.15, 0.2) is 6.17 Å². The number of benzene rings is 2. The normalized spacial score (nSPS) is 22.0. The van der Waals surface area contributed by atoms with Crippen LogP contribution < -0.4 is 20.9 Å². The van der Waals surface area contributed by atoms with Crippen LogP contribution >= 0.6 is 0 Å². The molecule has 3 N–H and O–H groups in total. The Labute approximate surface area is 181 Å². The average molecular weight is 418 g/mol. The Bertz CT molecular complexity index is 1090. The Morgan fingerprint density at radius 3 is 2.84 bits per heavy atom. The van der Waals surface area contributed by atoms with Crippen molar-refractivity contribution in [3.63, 3.8) is 0 Å². The van der Waals surface area contributed by atoms with E-state index in [1.54, 1.807) is 0 Å². The summed E-state index contributed by atoms with van der Waals surface area (Å²) in [7, 11) is 0. The van der Waals surface area contributed by atoms with Crippen LogP contribution in [0, 0.1) is 13.8 Å². The molecule has 0 spiro atoms. The molecule has 31 heavy (non-hydrogen) atoms. The molecule has 1 fully saturated rings. The standard InChI is InChI=1S/C24H27N5O2/c1-14-12-19-20(13-15(14)2)29(22-21(26-19)23(30)28-24(31)27-22)11-10-25-18-9-5-7-16-6-3-4-8-17(16)18/h3-4,6,8,12-13,18,22,25H,5,7,9-11H2,1-2H3,(H2,27,28,30,31). The van der Waals surface area contributed by atoms with Gasteiger partial charge in [0.1, 0.15) is 5.71 Å². The zero-order valence-corrected chi connectivity index (χ0v) is 17.9. The molecule has 160 valence electrons. The summed E-state index contributed by atoms with van der Waals surface area (Å²) in [5.74, 6) is -0.434. The highest BCUT2D eigenvalue weighted by Crippen LogP contribution is 2.37. The van der Waals surface area contributed by atoms with E-state index in [4.69, 9.17) is 0 Å². The molecule has 5 rings (SSSR count). The van der Waals surface area contributed by atoms with E-state index in [1.165, 1.54) is 17.5 Å². The lowest BCUT2D eigenvalue weighted by atomic mass is 9.88. The Hall–Kier alpha value is -3.19. The van der Waals surface area contributed by atoms with Crippen molar-refractivity contribution in [3.8, 4) is 0 Å². The van der Waals surface area contributed by atoms with Crippen LogP contribution in [0.3, 0.4) is 0 Å². The minimum atomic E-state index is -0.559. The molecular weight excluding hydrogens is 390 g/mol. The monoisotopic (exact) mass is 417 g/mol. The fraction of sp³-hybridized carbons (Fsp3) is 0.375. The molecule has 7 nitrogen and oxygen atoms in total. The van der Waals surface area contributed by atoms with E-state index in [0.29, 0.717) is 18.3 Å². The molecule has 0 radical (unpaired) electrons. The molecule has 1 saturated heterocycles. The number of amides is 3. The van der Waals surface area contributed by atoms with Gasteiger partial charge in [-0.15, -0.1) is 0 Å². The van der Waals surface area contributed by atoms with Crippen LogP contribution in [0.1, 0.15) is 41.1 Å². The number of aliphatic imine (C=N–C) groups is 1. The summed E-state index contributed by atoms with van der Waals surface area (Å²) in [5.41, 5.74) is 7.12. The minimum Gasteiger partial charge on any atom is -0.343 e. The van der Waals surface area contributed by atoms with Gasteiger partial charge in [0, 0.05) is 19.1 Å². The van der Waals surface area contributed by atoms with E-state index in [9.17, 15) is 9.59 Å². The number of aryl methyl sites for hydroxylation is 3. The first-order chi connectivity index (χ1) is 15.0. The molecule has 1 aliphatic carbocycles. The van der Waals surface area contributed by atoms with E-state index in [0.717, 1.165) is 41.9 Å². The topological polar surface area (TPSA) is 85.8 Å². The Kier molecular flexibility index (Phi) is 4.98. The molecule has 2 aromatic rings. The number of imide groups is 1. The molecule has 3 aliphatic rings. The third kappa shape index (κ3) is 3.59. The summed E-state index contributed by atoms with van der Waals surface area (Å²) in [6, 6.07) is 12.6. The van der Waals surface area contributed by atoms with Gasteiger partial charge in [0.2, 0.25) is 0 Å². The van der Waals surface area contributed by atoms with Crippen molar-refractivity contribution in [3.05, 3.63) is 58.7 Å². The molecule has 0 saturated carbocycles. The Morgan fingerprint density at radius 1 is 1.16 bits per heavy atom. The minimum absolute atomic E-state index is 0.325. The summed E-state index contributed by atoms with van der Waals surface area (Å²) >= 11 is 0. The number of anilines is 1. The zero-order valence-electron chi connectivity index (χ0n) is 17.9. The summed E-state index contributed by atoms with van der Waals surface area (Å²) in [4.78, 5) is 31.2. The van der Waals surface area contributed by atoms with E-state index >= 15 is 0 Å². The third-order valence-corrected chi connectivity index (χ3v) is 6.55. The lowest BCUT2D eigenvalue weighted by Gasteiger charge is -2.40. The first-order valence-electron chi connectivity index (χ1n) is 10.9. The predicted octanol–water partition coefficient (Wildman–Crippen LogP) is 3.03. The molecule has 2 atom stereocenters. The average Bonchev–Trinajstić information content (AvgIpc) is 2.75. The molecule has 2 aliphatic heterocycles. The van der Waals surface area contributed by atoms with Gasteiger partial charge < -0.3 is 15.5 Å². The lowest BCUT2D eigenvalue weighted by Crippen LogP contribution is -2.66. The molecule has 0 aromatic heterocycles. The maximum absolute atomic E-state index is 12.5. The fourth-order valence-electron chi connectivity index (χ4n) is 4.81. The van der Waals surface area contributed by atoms with Gasteiger partial charge in [-0.3, -0.25) is 10.1 Å². The van der Waals surface area contributed by atoms with Gasteiger partial charge in [0.05, 0.1) is 11.4 Å². The highest BCUT2D eigenvalue weighted by molar-refractivity contribution is 6.46. The van der Waals surface area contributed by atoms with Crippen LogP contribution in [0.2, 0.25) is 0 Å². The predicted molar refractivity (Wildman–Crippen MR) is 121 cm³/mol. The van der Waals surface area contributed by atoms with Crippen molar-refractivity contribution in [1.82, 2.24) is 16.0 Å². The molecule has 2 aromatic carbocycles. The maximum atomic E-state index is 12.5. The van der Waals surface area contributed by atoms with Gasteiger partial charge in [-0.1, -0.05) is 24.3 Å². The number of carbonyl (C=O) groups is 2. The van der Waals surface area contributed by atoms with Crippen LogP contribution in [0.15, 0.2) is 41.4 Å². The van der Waals surface area contributed by atoms with Crippen LogP contribution in [0.4, 0.5) is 16.2 Å². The maximum Gasteiger partial charge on any atom is 0.323 e. The van der Waals surface area contributed by atoms with Crippen molar-refractivity contribution < 1.29 is 9.59 Å². The van der Waals surface area contributed by atoms with Gasteiger partial charge in [-0.2, -0.15) is 0 Å². The number of nitrogens with zero attached hydrogens (tertiary/aromatic N) is 2. The molecule has 7 heteroatoms. The van der Waals surface area contributed by atoms with Crippen molar-refractivity contribution in [2.24, 2.45) is 4.99 Å². The molecular formula is C24H27N5O2. The quantitative estimate of drug-likeness (QED) is 0.714. The van der Waals surface area contributed by atoms with Crippen LogP contribution in [0.25, 0.3) is 0 Å². The van der Waals surface area contributed by atoms with Crippen molar-refractivity contribution in [2.75, 3.05) is 18.0 Å². The van der Waals surface area contributed by atoms with Crippen molar-refractivity contribution in [2.45, 2.75) is 45.3 Å². The Balaban J connectivity index is 1.40. The summed E-state index contributed by atoms with van der Waals surface area (Å²) in [6.07, 6.45) is 2.86. The Morgan fingerprint density at radius 2 is 1.97 bits per heavy atom. The summed E-state index contributed by atoms with van der Waals surface area (Å²) in [6.45, 7) is 5.48. The van der Waals surface area contributed by atoms with Crippen molar-refractivity contribution in [1.29, 1.82) is 0 Å². The fourth-order valence-corrected chi connectivity index (χ4v) is 4.81. The highest BCUT2D eigenvalue weighted by atomic mass is 16.2. The number of urea groups is 1. The molecule has 2 unspecified atom stereocenters. The summed E-state index contributed by atoms with van der Waals surface area (Å²) < 4.78 is 0. The lowest BCUT2D eigenvalue weighted by molar-refractivity contribution is -0.114. The van der Waals surface area contributed by atoms with E-state index < -0.39 is 18.1 Å².